The molecule has 0 saturated heterocycles. The number of nitro groups is 1. The summed E-state index contributed by atoms with van der Waals surface area (Å²) in [6, 6.07) is 11.6. The number of rotatable bonds is 4. The van der Waals surface area contributed by atoms with E-state index in [1.54, 1.807) is 0 Å². The first-order chi connectivity index (χ1) is 9.08. The first-order valence-corrected chi connectivity index (χ1v) is 6.08. The highest BCUT2D eigenvalue weighted by atomic mass is 16.6. The third-order valence-corrected chi connectivity index (χ3v) is 2.66. The molecule has 4 heteroatoms. The van der Waals surface area contributed by atoms with Crippen molar-refractivity contribution in [2.75, 3.05) is 0 Å². The first-order valence-electron chi connectivity index (χ1n) is 6.08. The summed E-state index contributed by atoms with van der Waals surface area (Å²) in [5, 5.41) is 12.5. The van der Waals surface area contributed by atoms with Gasteiger partial charge in [-0.2, -0.15) is 0 Å². The van der Waals surface area contributed by atoms with Crippen molar-refractivity contribution in [1.29, 1.82) is 0 Å². The minimum atomic E-state index is -0.471. The molecule has 0 aliphatic heterocycles. The number of hydrogen-bond acceptors (Lipinski definition) is 3. The topological polar surface area (TPSA) is 52.4 Å². The zero-order valence-electron chi connectivity index (χ0n) is 10.9. The summed E-state index contributed by atoms with van der Waals surface area (Å²) in [5.41, 5.74) is 0.739. The van der Waals surface area contributed by atoms with E-state index in [1.165, 1.54) is 6.08 Å². The van der Waals surface area contributed by atoms with E-state index in [0.29, 0.717) is 5.75 Å². The number of fused-ring (bicyclic) bond motifs is 1. The van der Waals surface area contributed by atoms with E-state index in [2.05, 4.69) is 0 Å². The van der Waals surface area contributed by atoms with Gasteiger partial charge in [0, 0.05) is 11.6 Å². The van der Waals surface area contributed by atoms with E-state index < -0.39 is 4.92 Å². The Morgan fingerprint density at radius 2 is 1.95 bits per heavy atom. The predicted molar refractivity (Wildman–Crippen MR) is 75.7 cm³/mol. The van der Waals surface area contributed by atoms with E-state index in [9.17, 15) is 10.1 Å². The molecule has 0 N–H and O–H groups in total. The minimum absolute atomic E-state index is 0.0175. The number of nitrogens with zero attached hydrogens (tertiary/aromatic N) is 1. The van der Waals surface area contributed by atoms with Gasteiger partial charge in [0.05, 0.1) is 11.0 Å². The standard InChI is InChI=1S/C15H15NO3/c1-11(2)19-15-8-7-12-5-3-4-6-13(12)14(15)9-10-16(17)18/h3-11H,1-2H3. The normalized spacial score (nSPS) is 11.3. The van der Waals surface area contributed by atoms with E-state index in [-0.39, 0.29) is 6.10 Å². The van der Waals surface area contributed by atoms with Crippen LogP contribution in [0.15, 0.2) is 42.6 Å². The van der Waals surface area contributed by atoms with Gasteiger partial charge in [0.15, 0.2) is 0 Å². The van der Waals surface area contributed by atoms with Crippen molar-refractivity contribution in [3.63, 3.8) is 0 Å². The molecule has 4 nitrogen and oxygen atoms in total. The molecule has 19 heavy (non-hydrogen) atoms. The fourth-order valence-corrected chi connectivity index (χ4v) is 1.94. The monoisotopic (exact) mass is 257 g/mol. The van der Waals surface area contributed by atoms with Gasteiger partial charge in [-0.15, -0.1) is 0 Å². The summed E-state index contributed by atoms with van der Waals surface area (Å²) < 4.78 is 5.71. The number of benzene rings is 2. The molecule has 0 aliphatic carbocycles. The van der Waals surface area contributed by atoms with Gasteiger partial charge in [-0.1, -0.05) is 30.3 Å². The molecule has 0 radical (unpaired) electrons. The van der Waals surface area contributed by atoms with Crippen molar-refractivity contribution < 1.29 is 9.66 Å². The summed E-state index contributed by atoms with van der Waals surface area (Å²) in [5.74, 6) is 0.659. The van der Waals surface area contributed by atoms with Crippen LogP contribution < -0.4 is 4.74 Å². The van der Waals surface area contributed by atoms with Gasteiger partial charge in [-0.05, 0) is 30.7 Å². The maximum absolute atomic E-state index is 10.5. The van der Waals surface area contributed by atoms with Crippen LogP contribution in [0.5, 0.6) is 5.75 Å². The Morgan fingerprint density at radius 1 is 1.21 bits per heavy atom. The molecule has 2 aromatic rings. The van der Waals surface area contributed by atoms with Crippen LogP contribution in [0.2, 0.25) is 0 Å². The predicted octanol–water partition coefficient (Wildman–Crippen LogP) is 3.87. The van der Waals surface area contributed by atoms with Gasteiger partial charge < -0.3 is 4.74 Å². The second kappa shape index (κ2) is 5.52. The summed E-state index contributed by atoms with van der Waals surface area (Å²) in [6.45, 7) is 3.85. The van der Waals surface area contributed by atoms with E-state index in [0.717, 1.165) is 22.5 Å². The van der Waals surface area contributed by atoms with Crippen molar-refractivity contribution in [3.8, 4) is 5.75 Å². The van der Waals surface area contributed by atoms with Crippen LogP contribution in [0.1, 0.15) is 19.4 Å². The first kappa shape index (κ1) is 13.1. The zero-order valence-corrected chi connectivity index (χ0v) is 10.9. The Kier molecular flexibility index (Phi) is 3.80. The lowest BCUT2D eigenvalue weighted by atomic mass is 10.0. The van der Waals surface area contributed by atoms with E-state index >= 15 is 0 Å². The Bertz CT molecular complexity index is 632. The molecule has 0 fully saturated rings. The smallest absolute Gasteiger partial charge is 0.235 e. The van der Waals surface area contributed by atoms with Crippen LogP contribution in [0.4, 0.5) is 0 Å². The second-order valence-corrected chi connectivity index (χ2v) is 4.47. The molecule has 0 heterocycles. The molecule has 2 rings (SSSR count). The average molecular weight is 257 g/mol. The summed E-state index contributed by atoms with van der Waals surface area (Å²) >= 11 is 0. The lowest BCUT2D eigenvalue weighted by Gasteiger charge is -2.14. The SMILES string of the molecule is CC(C)Oc1ccc2ccccc2c1C=C[N+](=O)[O-]. The Hall–Kier alpha value is -2.36. The molecule has 0 amide bonds. The number of hydrogen-bond donors (Lipinski definition) is 0. The fraction of sp³-hybridized carbons (Fsp3) is 0.200. The third-order valence-electron chi connectivity index (χ3n) is 2.66. The highest BCUT2D eigenvalue weighted by Crippen LogP contribution is 2.30. The van der Waals surface area contributed by atoms with Crippen molar-refractivity contribution in [2.45, 2.75) is 20.0 Å². The third kappa shape index (κ3) is 3.10. The Labute approximate surface area is 111 Å². The summed E-state index contributed by atoms with van der Waals surface area (Å²) in [4.78, 5) is 10.0. The minimum Gasteiger partial charge on any atom is -0.490 e. The molecule has 0 saturated carbocycles. The van der Waals surface area contributed by atoms with Gasteiger partial charge in [-0.3, -0.25) is 10.1 Å². The van der Waals surface area contributed by atoms with Crippen LogP contribution >= 0.6 is 0 Å². The maximum atomic E-state index is 10.5. The van der Waals surface area contributed by atoms with Crippen LogP contribution in [-0.2, 0) is 0 Å². The van der Waals surface area contributed by atoms with Gasteiger partial charge in [0.2, 0.25) is 6.20 Å². The lowest BCUT2D eigenvalue weighted by Crippen LogP contribution is -2.06. The molecule has 0 unspecified atom stereocenters. The van der Waals surface area contributed by atoms with Crippen molar-refractivity contribution in [2.24, 2.45) is 0 Å². The van der Waals surface area contributed by atoms with Gasteiger partial charge in [-0.25, -0.2) is 0 Å². The zero-order chi connectivity index (χ0) is 13.8. The molecule has 0 aliphatic rings. The molecular weight excluding hydrogens is 242 g/mol. The molecule has 2 aromatic carbocycles. The largest absolute Gasteiger partial charge is 0.490 e. The number of ether oxygens (including phenoxy) is 1. The van der Waals surface area contributed by atoms with Crippen LogP contribution in [-0.4, -0.2) is 11.0 Å². The van der Waals surface area contributed by atoms with E-state index in [1.807, 2.05) is 50.2 Å². The lowest BCUT2D eigenvalue weighted by molar-refractivity contribution is -0.400. The van der Waals surface area contributed by atoms with Gasteiger partial charge in [0.1, 0.15) is 5.75 Å². The van der Waals surface area contributed by atoms with Crippen LogP contribution in [0.25, 0.3) is 16.8 Å². The van der Waals surface area contributed by atoms with E-state index in [4.69, 9.17) is 4.74 Å². The molecule has 98 valence electrons. The quantitative estimate of drug-likeness (QED) is 0.617. The van der Waals surface area contributed by atoms with Crippen molar-refractivity contribution >= 4 is 16.8 Å². The van der Waals surface area contributed by atoms with Crippen molar-refractivity contribution in [3.05, 3.63) is 58.3 Å². The summed E-state index contributed by atoms with van der Waals surface area (Å²) in [7, 11) is 0. The molecule has 0 aromatic heterocycles. The highest BCUT2D eigenvalue weighted by molar-refractivity contribution is 5.93. The molecular formula is C15H15NO3. The maximum Gasteiger partial charge on any atom is 0.235 e. The molecule has 0 spiro atoms. The molecule has 0 bridgehead atoms. The average Bonchev–Trinajstić information content (AvgIpc) is 2.36. The second-order valence-electron chi connectivity index (χ2n) is 4.47. The Morgan fingerprint density at radius 3 is 2.63 bits per heavy atom. The van der Waals surface area contributed by atoms with Crippen LogP contribution in [0, 0.1) is 10.1 Å². The van der Waals surface area contributed by atoms with Gasteiger partial charge >= 0.3 is 0 Å². The van der Waals surface area contributed by atoms with Crippen molar-refractivity contribution in [1.82, 2.24) is 0 Å². The van der Waals surface area contributed by atoms with Crippen LogP contribution in [0.3, 0.4) is 0 Å². The Balaban J connectivity index is 2.60. The molecule has 0 atom stereocenters. The van der Waals surface area contributed by atoms with Gasteiger partial charge in [0.25, 0.3) is 0 Å². The summed E-state index contributed by atoms with van der Waals surface area (Å²) in [6.07, 6.45) is 2.44. The fourth-order valence-electron chi connectivity index (χ4n) is 1.94. The highest BCUT2D eigenvalue weighted by Gasteiger charge is 2.08.